The van der Waals surface area contributed by atoms with Crippen LogP contribution in [0.1, 0.15) is 68.5 Å². The second-order valence-electron chi connectivity index (χ2n) is 10.7. The number of H-pyrrole nitrogens is 1. The number of primary amides is 1. The first-order valence-electron chi connectivity index (χ1n) is 12.3. The Morgan fingerprint density at radius 1 is 1.38 bits per heavy atom. The van der Waals surface area contributed by atoms with E-state index in [0.717, 1.165) is 29.5 Å². The van der Waals surface area contributed by atoms with E-state index in [9.17, 15) is 15.2 Å². The molecule has 2 aromatic rings. The van der Waals surface area contributed by atoms with Gasteiger partial charge in [0.1, 0.15) is 11.6 Å². The van der Waals surface area contributed by atoms with E-state index >= 15 is 0 Å². The average molecular weight is 504 g/mol. The summed E-state index contributed by atoms with van der Waals surface area (Å²) in [5.74, 6) is 7.33. The molecule has 4 rings (SSSR count). The van der Waals surface area contributed by atoms with Crippen LogP contribution >= 0.6 is 0 Å². The van der Waals surface area contributed by atoms with E-state index in [1.165, 1.54) is 0 Å². The van der Waals surface area contributed by atoms with E-state index in [-0.39, 0.29) is 23.6 Å². The molecule has 0 saturated heterocycles. The van der Waals surface area contributed by atoms with Gasteiger partial charge in [-0.3, -0.25) is 0 Å². The van der Waals surface area contributed by atoms with Crippen molar-refractivity contribution in [3.8, 4) is 23.8 Å². The zero-order chi connectivity index (χ0) is 27.1. The molecule has 1 atom stereocenters. The monoisotopic (exact) mass is 503 g/mol. The summed E-state index contributed by atoms with van der Waals surface area (Å²) in [6.45, 7) is 9.65. The summed E-state index contributed by atoms with van der Waals surface area (Å²) in [4.78, 5) is 10.8. The quantitative estimate of drug-likeness (QED) is 0.455. The zero-order valence-electron chi connectivity index (χ0n) is 21.8. The molecular weight excluding hydrogens is 470 g/mol. The molecule has 1 aromatic carbocycles. The van der Waals surface area contributed by atoms with E-state index < -0.39 is 17.1 Å². The van der Waals surface area contributed by atoms with Gasteiger partial charge < -0.3 is 26.0 Å². The van der Waals surface area contributed by atoms with Crippen LogP contribution in [0, 0.1) is 47.8 Å². The number of carbonyl (C=O) groups excluding carboxylic acids is 1. The third-order valence-electron chi connectivity index (χ3n) is 7.35. The molecule has 1 aliphatic carbocycles. The van der Waals surface area contributed by atoms with Crippen LogP contribution in [0.15, 0.2) is 29.7 Å². The number of aromatic nitrogens is 2. The standard InChI is InChI=1S/C28H33N5O4/c1-15(2)28(22(13-29)24(30)37-25-23(28)16(3)32-33-25)21-11-18(10-20(12-21)27(4,5)35)7-6-17-8-19(9-17)14-36-26(31)34/h10-12,15,17,19,35H,8-9,14,30H2,1-5H3,(H2,31,34)(H,32,33)/t17-,19-,28?. The number of carbonyl (C=O) groups is 1. The normalized spacial score (nSPS) is 22.8. The first kappa shape index (κ1) is 26.1. The summed E-state index contributed by atoms with van der Waals surface area (Å²) < 4.78 is 10.6. The number of fused-ring (bicyclic) bond motifs is 1. The molecule has 194 valence electrons. The second-order valence-corrected chi connectivity index (χ2v) is 10.7. The van der Waals surface area contributed by atoms with Gasteiger partial charge in [0.25, 0.3) is 0 Å². The Labute approximate surface area is 216 Å². The second kappa shape index (κ2) is 9.49. The van der Waals surface area contributed by atoms with Gasteiger partial charge in [-0.25, -0.2) is 9.89 Å². The summed E-state index contributed by atoms with van der Waals surface area (Å²) in [5, 5.41) is 28.5. The van der Waals surface area contributed by atoms with E-state index in [1.54, 1.807) is 13.8 Å². The predicted octanol–water partition coefficient (Wildman–Crippen LogP) is 3.45. The maximum atomic E-state index is 11.0. The highest BCUT2D eigenvalue weighted by atomic mass is 16.5. The SMILES string of the molecule is Cc1n[nH]c2c1C(c1cc(C#C[C@H]3C[C@H](COC(N)=O)C3)cc(C(C)(C)O)c1)(C(C)C)C(C#N)=C(N)O2. The largest absolute Gasteiger partial charge is 0.449 e. The van der Waals surface area contributed by atoms with E-state index in [0.29, 0.717) is 29.3 Å². The number of allylic oxidation sites excluding steroid dienone is 1. The average Bonchev–Trinajstić information content (AvgIpc) is 3.15. The number of nitriles is 1. The molecule has 9 heteroatoms. The Balaban J connectivity index is 1.83. The van der Waals surface area contributed by atoms with Crippen molar-refractivity contribution in [1.82, 2.24) is 10.2 Å². The number of aliphatic hydroxyl groups is 1. The molecule has 2 aliphatic rings. The third kappa shape index (κ3) is 4.63. The maximum absolute atomic E-state index is 11.0. The number of amides is 1. The number of nitrogens with two attached hydrogens (primary N) is 2. The Bertz CT molecular complexity index is 1360. The minimum atomic E-state index is -1.15. The molecule has 1 aromatic heterocycles. The van der Waals surface area contributed by atoms with Crippen LogP contribution in [0.25, 0.3) is 0 Å². The highest BCUT2D eigenvalue weighted by molar-refractivity contribution is 5.64. The third-order valence-corrected chi connectivity index (χ3v) is 7.35. The number of hydrogen-bond donors (Lipinski definition) is 4. The highest BCUT2D eigenvalue weighted by Gasteiger charge is 2.51. The first-order chi connectivity index (χ1) is 17.4. The van der Waals surface area contributed by atoms with Crippen LogP contribution in [0.3, 0.4) is 0 Å². The van der Waals surface area contributed by atoms with Gasteiger partial charge >= 0.3 is 6.09 Å². The topological polar surface area (TPSA) is 160 Å². The fraction of sp³-hybridized carbons (Fsp3) is 0.464. The predicted molar refractivity (Wildman–Crippen MR) is 137 cm³/mol. The fourth-order valence-electron chi connectivity index (χ4n) is 5.43. The Kier molecular flexibility index (Phi) is 6.70. The molecule has 1 saturated carbocycles. The van der Waals surface area contributed by atoms with Crippen molar-refractivity contribution in [2.75, 3.05) is 6.61 Å². The molecule has 37 heavy (non-hydrogen) atoms. The lowest BCUT2D eigenvalue weighted by molar-refractivity contribution is 0.0783. The van der Waals surface area contributed by atoms with Gasteiger partial charge in [-0.15, -0.1) is 0 Å². The molecule has 6 N–H and O–H groups in total. The van der Waals surface area contributed by atoms with Gasteiger partial charge in [0.2, 0.25) is 11.8 Å². The summed E-state index contributed by atoms with van der Waals surface area (Å²) >= 11 is 0. The number of nitrogens with zero attached hydrogens (tertiary/aromatic N) is 2. The summed E-state index contributed by atoms with van der Waals surface area (Å²) in [6.07, 6.45) is 0.877. The molecule has 1 amide bonds. The maximum Gasteiger partial charge on any atom is 0.404 e. The number of hydrogen-bond acceptors (Lipinski definition) is 7. The first-order valence-corrected chi connectivity index (χ1v) is 12.3. The van der Waals surface area contributed by atoms with Crippen LogP contribution in [0.5, 0.6) is 5.88 Å². The smallest absolute Gasteiger partial charge is 0.404 e. The van der Waals surface area contributed by atoms with Gasteiger partial charge in [-0.05, 0) is 68.7 Å². The minimum Gasteiger partial charge on any atom is -0.449 e. The van der Waals surface area contributed by atoms with Crippen molar-refractivity contribution in [1.29, 1.82) is 5.26 Å². The molecule has 1 unspecified atom stereocenters. The number of benzene rings is 1. The zero-order valence-corrected chi connectivity index (χ0v) is 21.8. The van der Waals surface area contributed by atoms with Crippen molar-refractivity contribution in [2.45, 2.75) is 58.5 Å². The summed E-state index contributed by atoms with van der Waals surface area (Å²) in [5.41, 5.74) is 13.1. The van der Waals surface area contributed by atoms with Gasteiger partial charge in [0.15, 0.2) is 0 Å². The molecule has 0 bridgehead atoms. The number of nitrogens with one attached hydrogen (secondary N) is 1. The number of rotatable bonds is 5. The lowest BCUT2D eigenvalue weighted by Crippen LogP contribution is -2.41. The van der Waals surface area contributed by atoms with E-state index in [4.69, 9.17) is 20.9 Å². The molecule has 0 spiro atoms. The fourth-order valence-corrected chi connectivity index (χ4v) is 5.43. The van der Waals surface area contributed by atoms with Crippen molar-refractivity contribution in [3.63, 3.8) is 0 Å². The van der Waals surface area contributed by atoms with Crippen LogP contribution < -0.4 is 16.2 Å². The van der Waals surface area contributed by atoms with Crippen molar-refractivity contribution in [2.24, 2.45) is 29.2 Å². The number of aryl methyl sites for hydroxylation is 1. The molecular formula is C28H33N5O4. The van der Waals surface area contributed by atoms with Crippen LogP contribution in [-0.4, -0.2) is 28.0 Å². The van der Waals surface area contributed by atoms with Crippen molar-refractivity contribution in [3.05, 3.63) is 57.6 Å². The van der Waals surface area contributed by atoms with Crippen molar-refractivity contribution >= 4 is 6.09 Å². The lowest BCUT2D eigenvalue weighted by Gasteiger charge is -2.41. The minimum absolute atomic E-state index is 0.0207. The lowest BCUT2D eigenvalue weighted by atomic mass is 9.61. The molecule has 9 nitrogen and oxygen atoms in total. The highest BCUT2D eigenvalue weighted by Crippen LogP contribution is 2.53. The van der Waals surface area contributed by atoms with Crippen LogP contribution in [0.4, 0.5) is 4.79 Å². The van der Waals surface area contributed by atoms with Gasteiger partial charge in [0, 0.05) is 11.5 Å². The van der Waals surface area contributed by atoms with Gasteiger partial charge in [0.05, 0.1) is 28.9 Å². The van der Waals surface area contributed by atoms with Gasteiger partial charge in [-0.1, -0.05) is 31.8 Å². The Morgan fingerprint density at radius 2 is 2.08 bits per heavy atom. The number of ether oxygens (including phenoxy) is 2. The van der Waals surface area contributed by atoms with Crippen molar-refractivity contribution < 1.29 is 19.4 Å². The summed E-state index contributed by atoms with van der Waals surface area (Å²) in [7, 11) is 0. The molecule has 1 aliphatic heterocycles. The van der Waals surface area contributed by atoms with E-state index in [1.807, 2.05) is 39.0 Å². The Morgan fingerprint density at radius 3 is 2.68 bits per heavy atom. The van der Waals surface area contributed by atoms with Crippen LogP contribution in [0.2, 0.25) is 0 Å². The molecule has 1 fully saturated rings. The van der Waals surface area contributed by atoms with Gasteiger partial charge in [-0.2, -0.15) is 10.4 Å². The molecule has 2 heterocycles. The Hall–Kier alpha value is -3.95. The summed E-state index contributed by atoms with van der Waals surface area (Å²) in [6, 6.07) is 8.05. The molecule has 0 radical (unpaired) electrons. The van der Waals surface area contributed by atoms with Crippen LogP contribution in [-0.2, 0) is 15.8 Å². The van der Waals surface area contributed by atoms with E-state index in [2.05, 4.69) is 28.1 Å². The number of aromatic amines is 1.